The monoisotopic (exact) mass is 297 g/mol. The van der Waals surface area contributed by atoms with Crippen molar-refractivity contribution in [2.45, 2.75) is 44.6 Å². The first-order valence-electron chi connectivity index (χ1n) is 7.61. The molecule has 2 aliphatic rings. The van der Waals surface area contributed by atoms with Gasteiger partial charge >= 0.3 is 12.0 Å². The van der Waals surface area contributed by atoms with E-state index in [1.807, 2.05) is 4.90 Å². The van der Waals surface area contributed by atoms with Crippen LogP contribution >= 0.6 is 0 Å². The first kappa shape index (κ1) is 15.6. The van der Waals surface area contributed by atoms with E-state index in [2.05, 4.69) is 10.6 Å². The molecule has 3 amide bonds. The van der Waals surface area contributed by atoms with Crippen LogP contribution in [0.1, 0.15) is 38.5 Å². The van der Waals surface area contributed by atoms with Gasteiger partial charge in [0.15, 0.2) is 0 Å². The summed E-state index contributed by atoms with van der Waals surface area (Å²) in [6.45, 7) is 0.132. The first-order valence-corrected chi connectivity index (χ1v) is 7.61. The van der Waals surface area contributed by atoms with Gasteiger partial charge in [0.2, 0.25) is 5.91 Å². The van der Waals surface area contributed by atoms with Crippen LogP contribution in [0.5, 0.6) is 0 Å². The van der Waals surface area contributed by atoms with Gasteiger partial charge in [0, 0.05) is 12.6 Å². The molecule has 7 nitrogen and oxygen atoms in total. The minimum atomic E-state index is -1.10. The molecular formula is C14H23N3O4. The fraction of sp³-hybridized carbons (Fsp3) is 0.786. The van der Waals surface area contributed by atoms with Crippen molar-refractivity contribution in [2.24, 2.45) is 5.92 Å². The molecule has 21 heavy (non-hydrogen) atoms. The Morgan fingerprint density at radius 3 is 2.38 bits per heavy atom. The van der Waals surface area contributed by atoms with Crippen molar-refractivity contribution in [3.63, 3.8) is 0 Å². The topological polar surface area (TPSA) is 98.7 Å². The number of carbonyl (C=O) groups is 3. The number of hydrogen-bond donors (Lipinski definition) is 3. The van der Waals surface area contributed by atoms with E-state index in [1.54, 1.807) is 0 Å². The first-order chi connectivity index (χ1) is 10.1. The van der Waals surface area contributed by atoms with E-state index in [4.69, 9.17) is 5.11 Å². The van der Waals surface area contributed by atoms with Gasteiger partial charge < -0.3 is 20.6 Å². The third-order valence-corrected chi connectivity index (χ3v) is 4.34. The third kappa shape index (κ3) is 4.34. The second-order valence-corrected chi connectivity index (χ2v) is 5.78. The van der Waals surface area contributed by atoms with Crippen molar-refractivity contribution in [3.05, 3.63) is 0 Å². The van der Waals surface area contributed by atoms with Gasteiger partial charge in [-0.05, 0) is 31.6 Å². The van der Waals surface area contributed by atoms with E-state index in [9.17, 15) is 14.4 Å². The number of rotatable bonds is 5. The Morgan fingerprint density at radius 1 is 1.00 bits per heavy atom. The zero-order valence-electron chi connectivity index (χ0n) is 12.1. The molecule has 118 valence electrons. The van der Waals surface area contributed by atoms with Crippen molar-refractivity contribution >= 4 is 17.9 Å². The number of carboxylic acid groups (broad SMARTS) is 1. The largest absolute Gasteiger partial charge is 0.480 e. The van der Waals surface area contributed by atoms with Crippen molar-refractivity contribution in [3.8, 4) is 0 Å². The maximum atomic E-state index is 12.2. The van der Waals surface area contributed by atoms with Gasteiger partial charge in [0.25, 0.3) is 0 Å². The van der Waals surface area contributed by atoms with Crippen molar-refractivity contribution in [1.82, 2.24) is 15.5 Å². The van der Waals surface area contributed by atoms with Crippen LogP contribution in [-0.4, -0.2) is 53.6 Å². The molecule has 0 radical (unpaired) electrons. The van der Waals surface area contributed by atoms with Gasteiger partial charge in [-0.1, -0.05) is 12.8 Å². The molecule has 1 heterocycles. The number of aliphatic carboxylic acids is 1. The molecular weight excluding hydrogens is 274 g/mol. The Balaban J connectivity index is 1.76. The fourth-order valence-corrected chi connectivity index (χ4v) is 3.37. The van der Waals surface area contributed by atoms with Crippen LogP contribution in [0, 0.1) is 5.92 Å². The summed E-state index contributed by atoms with van der Waals surface area (Å²) in [4.78, 5) is 35.7. The normalized spacial score (nSPS) is 22.3. The van der Waals surface area contributed by atoms with Gasteiger partial charge in [0.05, 0.1) is 6.54 Å². The highest BCUT2D eigenvalue weighted by molar-refractivity contribution is 5.86. The summed E-state index contributed by atoms with van der Waals surface area (Å²) in [6, 6.07) is 0.0875. The van der Waals surface area contributed by atoms with Crippen LogP contribution in [-0.2, 0) is 9.59 Å². The molecule has 1 aliphatic heterocycles. The SMILES string of the molecule is O=C(O)CNC(=O)CNC(=O)N1CCCC1C1CCCC1. The zero-order chi connectivity index (χ0) is 15.2. The highest BCUT2D eigenvalue weighted by atomic mass is 16.4. The van der Waals surface area contributed by atoms with E-state index < -0.39 is 18.4 Å². The number of likely N-dealkylation sites (tertiary alicyclic amines) is 1. The summed E-state index contributed by atoms with van der Waals surface area (Å²) in [5.41, 5.74) is 0. The van der Waals surface area contributed by atoms with Crippen LogP contribution in [0.15, 0.2) is 0 Å². The second-order valence-electron chi connectivity index (χ2n) is 5.78. The molecule has 1 saturated heterocycles. The van der Waals surface area contributed by atoms with Gasteiger partial charge in [-0.3, -0.25) is 9.59 Å². The zero-order valence-corrected chi connectivity index (χ0v) is 12.1. The molecule has 0 bridgehead atoms. The number of nitrogens with zero attached hydrogens (tertiary/aromatic N) is 1. The highest BCUT2D eigenvalue weighted by Crippen LogP contribution is 2.35. The number of hydrogen-bond acceptors (Lipinski definition) is 3. The third-order valence-electron chi connectivity index (χ3n) is 4.34. The molecule has 3 N–H and O–H groups in total. The Hall–Kier alpha value is -1.79. The van der Waals surface area contributed by atoms with Crippen LogP contribution in [0.4, 0.5) is 4.79 Å². The van der Waals surface area contributed by atoms with Crippen LogP contribution in [0.3, 0.4) is 0 Å². The molecule has 2 fully saturated rings. The molecule has 0 spiro atoms. The van der Waals surface area contributed by atoms with Crippen LogP contribution in [0.2, 0.25) is 0 Å². The number of nitrogens with one attached hydrogen (secondary N) is 2. The van der Waals surface area contributed by atoms with Crippen LogP contribution < -0.4 is 10.6 Å². The van der Waals surface area contributed by atoms with Crippen molar-refractivity contribution in [2.75, 3.05) is 19.6 Å². The van der Waals surface area contributed by atoms with E-state index in [0.29, 0.717) is 12.0 Å². The maximum absolute atomic E-state index is 12.2. The maximum Gasteiger partial charge on any atom is 0.322 e. The number of carboxylic acids is 1. The Bertz CT molecular complexity index is 407. The molecule has 7 heteroatoms. The number of urea groups is 1. The smallest absolute Gasteiger partial charge is 0.322 e. The number of amides is 3. The fourth-order valence-electron chi connectivity index (χ4n) is 3.37. The van der Waals surface area contributed by atoms with E-state index >= 15 is 0 Å². The highest BCUT2D eigenvalue weighted by Gasteiger charge is 2.35. The van der Waals surface area contributed by atoms with Gasteiger partial charge in [0.1, 0.15) is 6.54 Å². The van der Waals surface area contributed by atoms with Crippen molar-refractivity contribution < 1.29 is 19.5 Å². The molecule has 1 unspecified atom stereocenters. The lowest BCUT2D eigenvalue weighted by atomic mass is 9.96. The Kier molecular flexibility index (Phi) is 5.41. The summed E-state index contributed by atoms with van der Waals surface area (Å²) in [6.07, 6.45) is 6.92. The van der Waals surface area contributed by atoms with E-state index in [1.165, 1.54) is 25.7 Å². The second kappa shape index (κ2) is 7.28. The quantitative estimate of drug-likeness (QED) is 0.690. The average molecular weight is 297 g/mol. The molecule has 1 atom stereocenters. The van der Waals surface area contributed by atoms with Gasteiger partial charge in [-0.2, -0.15) is 0 Å². The summed E-state index contributed by atoms with van der Waals surface area (Å²) >= 11 is 0. The van der Waals surface area contributed by atoms with Gasteiger partial charge in [-0.25, -0.2) is 4.79 Å². The summed E-state index contributed by atoms with van der Waals surface area (Å²) in [5, 5.41) is 13.3. The van der Waals surface area contributed by atoms with Gasteiger partial charge in [-0.15, -0.1) is 0 Å². The van der Waals surface area contributed by atoms with Crippen molar-refractivity contribution in [1.29, 1.82) is 0 Å². The van der Waals surface area contributed by atoms with E-state index in [-0.39, 0.29) is 12.6 Å². The standard InChI is InChI=1S/C14H23N3O4/c18-12(15-9-13(19)20)8-16-14(21)17-7-3-6-11(17)10-4-1-2-5-10/h10-11H,1-9H2,(H,15,18)(H,16,21)(H,19,20). The molecule has 1 saturated carbocycles. The van der Waals surface area contributed by atoms with E-state index in [0.717, 1.165) is 19.4 Å². The number of carbonyl (C=O) groups excluding carboxylic acids is 2. The lowest BCUT2D eigenvalue weighted by molar-refractivity contribution is -0.137. The average Bonchev–Trinajstić information content (AvgIpc) is 3.11. The minimum Gasteiger partial charge on any atom is -0.480 e. The Morgan fingerprint density at radius 2 is 1.71 bits per heavy atom. The Labute approximate surface area is 124 Å². The molecule has 1 aliphatic carbocycles. The molecule has 0 aromatic heterocycles. The summed E-state index contributed by atoms with van der Waals surface area (Å²) in [7, 11) is 0. The summed E-state index contributed by atoms with van der Waals surface area (Å²) in [5.74, 6) is -0.989. The predicted octanol–water partition coefficient (Wildman–Crippen LogP) is 0.551. The molecule has 2 rings (SSSR count). The summed E-state index contributed by atoms with van der Waals surface area (Å²) < 4.78 is 0. The predicted molar refractivity (Wildman–Crippen MR) is 75.7 cm³/mol. The molecule has 0 aromatic carbocycles. The van der Waals surface area contributed by atoms with Crippen LogP contribution in [0.25, 0.3) is 0 Å². The minimum absolute atomic E-state index is 0.181. The lowest BCUT2D eigenvalue weighted by Crippen LogP contribution is -2.48. The molecule has 0 aromatic rings. The lowest BCUT2D eigenvalue weighted by Gasteiger charge is -2.29.